The molecule has 1 fully saturated rings. The van der Waals surface area contributed by atoms with Gasteiger partial charge in [0.15, 0.2) is 0 Å². The summed E-state index contributed by atoms with van der Waals surface area (Å²) in [6.07, 6.45) is 4.64. The number of carbonyl (C=O) groups excluding carboxylic acids is 2. The van der Waals surface area contributed by atoms with E-state index in [1.807, 2.05) is 17.7 Å². The number of imidazole rings is 1. The Hall–Kier alpha value is -1.69. The van der Waals surface area contributed by atoms with Gasteiger partial charge in [-0.05, 0) is 13.3 Å². The van der Waals surface area contributed by atoms with Crippen molar-refractivity contribution in [3.8, 4) is 0 Å². The normalized spacial score (nSPS) is 20.6. The molecule has 6 nitrogen and oxygen atoms in total. The van der Waals surface area contributed by atoms with Gasteiger partial charge in [-0.1, -0.05) is 0 Å². The summed E-state index contributed by atoms with van der Waals surface area (Å²) in [6.45, 7) is 3.44. The lowest BCUT2D eigenvalue weighted by Gasteiger charge is -2.28. The number of imide groups is 1. The number of aromatic nitrogens is 2. The monoisotopic (exact) mass is 250 g/mol. The first-order valence-electron chi connectivity index (χ1n) is 6.17. The summed E-state index contributed by atoms with van der Waals surface area (Å²) in [5.74, 6) is 0.652. The Morgan fingerprint density at radius 2 is 2.28 bits per heavy atom. The number of hydrogen-bond acceptors (Lipinski definition) is 4. The minimum absolute atomic E-state index is 0.104. The van der Waals surface area contributed by atoms with Crippen LogP contribution in [0.25, 0.3) is 0 Å². The molecule has 2 heterocycles. The van der Waals surface area contributed by atoms with Crippen molar-refractivity contribution >= 4 is 11.8 Å². The topological polar surface area (TPSA) is 67.2 Å². The van der Waals surface area contributed by atoms with Gasteiger partial charge in [0.1, 0.15) is 5.82 Å². The molecule has 1 aromatic rings. The van der Waals surface area contributed by atoms with Crippen molar-refractivity contribution in [2.75, 3.05) is 7.05 Å². The number of amides is 2. The number of likely N-dealkylation sites (N-methyl/N-ethyl adjacent to an activating group) is 1. The van der Waals surface area contributed by atoms with Crippen LogP contribution in [0.4, 0.5) is 0 Å². The number of aryl methyl sites for hydroxylation is 1. The molecule has 2 rings (SSSR count). The van der Waals surface area contributed by atoms with E-state index in [0.29, 0.717) is 19.4 Å². The van der Waals surface area contributed by atoms with E-state index in [1.54, 1.807) is 6.20 Å². The van der Waals surface area contributed by atoms with E-state index < -0.39 is 0 Å². The largest absolute Gasteiger partial charge is 0.334 e. The molecule has 1 unspecified atom stereocenters. The second kappa shape index (κ2) is 5.30. The second-order valence-electron chi connectivity index (χ2n) is 4.39. The van der Waals surface area contributed by atoms with E-state index >= 15 is 0 Å². The van der Waals surface area contributed by atoms with Crippen molar-refractivity contribution in [3.05, 3.63) is 18.2 Å². The summed E-state index contributed by atoms with van der Waals surface area (Å²) in [7, 11) is 1.53. The van der Waals surface area contributed by atoms with Crippen molar-refractivity contribution in [1.29, 1.82) is 0 Å². The Morgan fingerprint density at radius 3 is 3.00 bits per heavy atom. The molecule has 98 valence electrons. The third kappa shape index (κ3) is 2.43. The molecule has 0 aliphatic carbocycles. The van der Waals surface area contributed by atoms with E-state index in [1.165, 1.54) is 11.9 Å². The number of nitrogens with zero attached hydrogens (tertiary/aromatic N) is 3. The Balaban J connectivity index is 1.94. The summed E-state index contributed by atoms with van der Waals surface area (Å²) in [6, 6.07) is -0.283. The smallest absolute Gasteiger partial charge is 0.246 e. The molecule has 1 aliphatic rings. The quantitative estimate of drug-likeness (QED) is 0.772. The number of hydrogen-bond donors (Lipinski definition) is 1. The van der Waals surface area contributed by atoms with Crippen molar-refractivity contribution in [2.45, 2.75) is 38.9 Å². The third-order valence-electron chi connectivity index (χ3n) is 3.30. The maximum absolute atomic E-state index is 11.9. The fourth-order valence-electron chi connectivity index (χ4n) is 2.11. The van der Waals surface area contributed by atoms with Crippen LogP contribution in [0.5, 0.6) is 0 Å². The first-order valence-corrected chi connectivity index (χ1v) is 6.17. The van der Waals surface area contributed by atoms with Crippen LogP contribution in [0.1, 0.15) is 25.6 Å². The molecule has 18 heavy (non-hydrogen) atoms. The second-order valence-corrected chi connectivity index (χ2v) is 4.39. The van der Waals surface area contributed by atoms with Crippen LogP contribution in [0.3, 0.4) is 0 Å². The van der Waals surface area contributed by atoms with Crippen LogP contribution in [-0.4, -0.2) is 39.4 Å². The Morgan fingerprint density at radius 1 is 1.50 bits per heavy atom. The fourth-order valence-corrected chi connectivity index (χ4v) is 2.11. The van der Waals surface area contributed by atoms with E-state index in [9.17, 15) is 9.59 Å². The highest BCUT2D eigenvalue weighted by Gasteiger charge is 2.31. The zero-order valence-electron chi connectivity index (χ0n) is 10.7. The lowest BCUT2D eigenvalue weighted by atomic mass is 10.0. The standard InChI is InChI=1S/C12H18N4O2/c1-3-16-7-6-13-10(16)8-14-9-4-5-11(17)15(2)12(9)18/h6-7,9,14H,3-5,8H2,1-2H3. The van der Waals surface area contributed by atoms with Gasteiger partial charge in [0.05, 0.1) is 12.6 Å². The molecular weight excluding hydrogens is 232 g/mol. The predicted octanol–water partition coefficient (Wildman–Crippen LogP) is 0.140. The first kappa shape index (κ1) is 12.8. The highest BCUT2D eigenvalue weighted by molar-refractivity contribution is 6.00. The molecule has 1 N–H and O–H groups in total. The van der Waals surface area contributed by atoms with E-state index in [-0.39, 0.29) is 17.9 Å². The molecule has 2 amide bonds. The van der Waals surface area contributed by atoms with Gasteiger partial charge in [0, 0.05) is 32.4 Å². The number of piperidine rings is 1. The third-order valence-corrected chi connectivity index (χ3v) is 3.30. The summed E-state index contributed by atoms with van der Waals surface area (Å²) in [5.41, 5.74) is 0. The molecule has 0 saturated carbocycles. The molecule has 1 aromatic heterocycles. The molecule has 1 saturated heterocycles. The maximum Gasteiger partial charge on any atom is 0.246 e. The van der Waals surface area contributed by atoms with Crippen LogP contribution in [-0.2, 0) is 22.7 Å². The lowest BCUT2D eigenvalue weighted by Crippen LogP contribution is -2.51. The predicted molar refractivity (Wildman–Crippen MR) is 65.5 cm³/mol. The zero-order chi connectivity index (χ0) is 13.1. The van der Waals surface area contributed by atoms with Crippen LogP contribution >= 0.6 is 0 Å². The molecule has 0 radical (unpaired) electrons. The molecule has 1 aliphatic heterocycles. The van der Waals surface area contributed by atoms with Crippen LogP contribution < -0.4 is 5.32 Å². The lowest BCUT2D eigenvalue weighted by molar-refractivity contribution is -0.148. The molecule has 0 aromatic carbocycles. The number of carbonyl (C=O) groups is 2. The number of likely N-dealkylation sites (tertiary alicyclic amines) is 1. The minimum Gasteiger partial charge on any atom is -0.334 e. The highest BCUT2D eigenvalue weighted by Crippen LogP contribution is 2.12. The number of rotatable bonds is 4. The molecule has 0 spiro atoms. The molecule has 1 atom stereocenters. The van der Waals surface area contributed by atoms with Crippen LogP contribution in [0, 0.1) is 0 Å². The van der Waals surface area contributed by atoms with Gasteiger partial charge >= 0.3 is 0 Å². The van der Waals surface area contributed by atoms with Gasteiger partial charge in [0.25, 0.3) is 0 Å². The fraction of sp³-hybridized carbons (Fsp3) is 0.583. The van der Waals surface area contributed by atoms with Crippen LogP contribution in [0.2, 0.25) is 0 Å². The Labute approximate surface area is 106 Å². The minimum atomic E-state index is -0.283. The van der Waals surface area contributed by atoms with E-state index in [0.717, 1.165) is 12.4 Å². The Kier molecular flexibility index (Phi) is 3.76. The van der Waals surface area contributed by atoms with E-state index in [4.69, 9.17) is 0 Å². The van der Waals surface area contributed by atoms with Crippen molar-refractivity contribution in [1.82, 2.24) is 19.8 Å². The Bertz CT molecular complexity index is 455. The first-order chi connectivity index (χ1) is 8.63. The summed E-state index contributed by atoms with van der Waals surface area (Å²) in [4.78, 5) is 28.7. The zero-order valence-corrected chi connectivity index (χ0v) is 10.7. The van der Waals surface area contributed by atoms with Gasteiger partial charge in [-0.2, -0.15) is 0 Å². The van der Waals surface area contributed by atoms with E-state index in [2.05, 4.69) is 10.3 Å². The van der Waals surface area contributed by atoms with Gasteiger partial charge < -0.3 is 4.57 Å². The summed E-state index contributed by atoms with van der Waals surface area (Å²) < 4.78 is 2.02. The molecule has 0 bridgehead atoms. The van der Waals surface area contributed by atoms with Crippen molar-refractivity contribution < 1.29 is 9.59 Å². The number of nitrogens with one attached hydrogen (secondary N) is 1. The molecule has 6 heteroatoms. The maximum atomic E-state index is 11.9. The van der Waals surface area contributed by atoms with Crippen molar-refractivity contribution in [2.24, 2.45) is 0 Å². The van der Waals surface area contributed by atoms with Crippen LogP contribution in [0.15, 0.2) is 12.4 Å². The van der Waals surface area contributed by atoms with Crippen molar-refractivity contribution in [3.63, 3.8) is 0 Å². The van der Waals surface area contributed by atoms with Gasteiger partial charge in [0.2, 0.25) is 11.8 Å². The SMILES string of the molecule is CCn1ccnc1CNC1CCC(=O)N(C)C1=O. The molecular formula is C12H18N4O2. The highest BCUT2D eigenvalue weighted by atomic mass is 16.2. The average molecular weight is 250 g/mol. The summed E-state index contributed by atoms with van der Waals surface area (Å²) >= 11 is 0. The average Bonchev–Trinajstić information content (AvgIpc) is 2.82. The van der Waals surface area contributed by atoms with Gasteiger partial charge in [-0.25, -0.2) is 4.98 Å². The van der Waals surface area contributed by atoms with Gasteiger partial charge in [-0.15, -0.1) is 0 Å². The van der Waals surface area contributed by atoms with Gasteiger partial charge in [-0.3, -0.25) is 19.8 Å². The summed E-state index contributed by atoms with van der Waals surface area (Å²) in [5, 5.41) is 3.17.